The Morgan fingerprint density at radius 1 is 1.29 bits per heavy atom. The van der Waals surface area contributed by atoms with Crippen LogP contribution in [0, 0.1) is 13.8 Å². The summed E-state index contributed by atoms with van der Waals surface area (Å²) in [5.74, 6) is 1.62. The second-order valence-electron chi connectivity index (χ2n) is 4.20. The number of benzene rings is 1. The number of furan rings is 1. The van der Waals surface area contributed by atoms with Crippen molar-refractivity contribution in [3.8, 4) is 5.75 Å². The van der Waals surface area contributed by atoms with Gasteiger partial charge in [0, 0.05) is 0 Å². The molecular formula is C14H17NO2. The molecule has 0 aliphatic rings. The maximum absolute atomic E-state index is 5.95. The van der Waals surface area contributed by atoms with E-state index in [0.717, 1.165) is 17.1 Å². The molecule has 1 atom stereocenters. The zero-order chi connectivity index (χ0) is 12.3. The predicted octanol–water partition coefficient (Wildman–Crippen LogP) is 2.98. The van der Waals surface area contributed by atoms with E-state index in [-0.39, 0.29) is 6.04 Å². The van der Waals surface area contributed by atoms with Crippen LogP contribution in [0.3, 0.4) is 0 Å². The average molecular weight is 231 g/mol. The first kappa shape index (κ1) is 11.7. The molecule has 1 unspecified atom stereocenters. The van der Waals surface area contributed by atoms with Gasteiger partial charge in [-0.15, -0.1) is 0 Å². The van der Waals surface area contributed by atoms with E-state index in [1.807, 2.05) is 31.2 Å². The van der Waals surface area contributed by atoms with Gasteiger partial charge in [0.05, 0.1) is 12.3 Å². The molecule has 0 fully saturated rings. The molecule has 0 bridgehead atoms. The molecule has 0 aliphatic heterocycles. The summed E-state index contributed by atoms with van der Waals surface area (Å²) in [6.45, 7) is 4.50. The minimum atomic E-state index is -0.231. The van der Waals surface area contributed by atoms with Gasteiger partial charge in [0.15, 0.2) is 0 Å². The van der Waals surface area contributed by atoms with E-state index in [1.165, 1.54) is 5.56 Å². The van der Waals surface area contributed by atoms with Crippen molar-refractivity contribution >= 4 is 0 Å². The summed E-state index contributed by atoms with van der Waals surface area (Å²) in [5.41, 5.74) is 8.30. The fourth-order valence-electron chi connectivity index (χ4n) is 1.73. The lowest BCUT2D eigenvalue weighted by Gasteiger charge is -2.13. The third-order valence-electron chi connectivity index (χ3n) is 2.66. The second-order valence-corrected chi connectivity index (χ2v) is 4.20. The van der Waals surface area contributed by atoms with Gasteiger partial charge in [0.25, 0.3) is 0 Å². The first-order chi connectivity index (χ1) is 8.16. The molecule has 3 heteroatoms. The first-order valence-corrected chi connectivity index (χ1v) is 5.66. The van der Waals surface area contributed by atoms with E-state index in [1.54, 1.807) is 6.26 Å². The zero-order valence-electron chi connectivity index (χ0n) is 10.1. The lowest BCUT2D eigenvalue weighted by atomic mass is 10.1. The molecule has 0 saturated carbocycles. The Hall–Kier alpha value is -1.74. The molecule has 1 aromatic heterocycles. The van der Waals surface area contributed by atoms with Crippen molar-refractivity contribution in [2.24, 2.45) is 5.73 Å². The molecule has 2 rings (SSSR count). The molecule has 0 saturated heterocycles. The van der Waals surface area contributed by atoms with Gasteiger partial charge in [-0.1, -0.05) is 17.7 Å². The van der Waals surface area contributed by atoms with Gasteiger partial charge in [-0.3, -0.25) is 0 Å². The molecule has 0 amide bonds. The van der Waals surface area contributed by atoms with Gasteiger partial charge in [-0.25, -0.2) is 0 Å². The highest BCUT2D eigenvalue weighted by Crippen LogP contribution is 2.20. The molecule has 0 aliphatic carbocycles. The van der Waals surface area contributed by atoms with Crippen molar-refractivity contribution in [1.29, 1.82) is 0 Å². The smallest absolute Gasteiger partial charge is 0.123 e. The highest BCUT2D eigenvalue weighted by atomic mass is 16.5. The third kappa shape index (κ3) is 2.88. The second kappa shape index (κ2) is 5.06. The van der Waals surface area contributed by atoms with Gasteiger partial charge in [0.1, 0.15) is 18.1 Å². The van der Waals surface area contributed by atoms with E-state index in [0.29, 0.717) is 6.61 Å². The Kier molecular flexibility index (Phi) is 3.49. The van der Waals surface area contributed by atoms with Crippen molar-refractivity contribution in [2.45, 2.75) is 19.9 Å². The Bertz CT molecular complexity index is 477. The topological polar surface area (TPSA) is 48.4 Å². The van der Waals surface area contributed by atoms with Crippen molar-refractivity contribution in [3.05, 3.63) is 53.5 Å². The van der Waals surface area contributed by atoms with E-state index in [9.17, 15) is 0 Å². The van der Waals surface area contributed by atoms with Crippen LogP contribution in [0.25, 0.3) is 0 Å². The number of nitrogens with two attached hydrogens (primary N) is 1. The molecule has 0 radical (unpaired) electrons. The Balaban J connectivity index is 1.98. The summed E-state index contributed by atoms with van der Waals surface area (Å²) in [6, 6.07) is 9.54. The lowest BCUT2D eigenvalue weighted by molar-refractivity contribution is 0.271. The summed E-state index contributed by atoms with van der Waals surface area (Å²) < 4.78 is 10.9. The number of rotatable bonds is 4. The van der Waals surface area contributed by atoms with Crippen LogP contribution in [0.5, 0.6) is 5.75 Å². The van der Waals surface area contributed by atoms with Crippen molar-refractivity contribution in [3.63, 3.8) is 0 Å². The van der Waals surface area contributed by atoms with Crippen molar-refractivity contribution in [2.75, 3.05) is 6.61 Å². The number of hydrogen-bond acceptors (Lipinski definition) is 3. The van der Waals surface area contributed by atoms with Gasteiger partial charge >= 0.3 is 0 Å². The average Bonchev–Trinajstić information content (AvgIpc) is 2.81. The van der Waals surface area contributed by atoms with Crippen molar-refractivity contribution in [1.82, 2.24) is 0 Å². The summed E-state index contributed by atoms with van der Waals surface area (Å²) >= 11 is 0. The van der Waals surface area contributed by atoms with Gasteiger partial charge in [0.2, 0.25) is 0 Å². The minimum Gasteiger partial charge on any atom is -0.491 e. The zero-order valence-corrected chi connectivity index (χ0v) is 10.1. The molecule has 0 spiro atoms. The summed E-state index contributed by atoms with van der Waals surface area (Å²) in [6.07, 6.45) is 1.62. The van der Waals surface area contributed by atoms with E-state index < -0.39 is 0 Å². The lowest BCUT2D eigenvalue weighted by Crippen LogP contribution is -2.18. The molecule has 3 nitrogen and oxygen atoms in total. The normalized spacial score (nSPS) is 12.4. The highest BCUT2D eigenvalue weighted by Gasteiger charge is 2.10. The fraction of sp³-hybridized carbons (Fsp3) is 0.286. The van der Waals surface area contributed by atoms with Gasteiger partial charge < -0.3 is 14.9 Å². The molecule has 17 heavy (non-hydrogen) atoms. The standard InChI is InChI=1S/C14H17NO2/c1-10-5-6-13(11(2)8-10)17-9-12(15)14-4-3-7-16-14/h3-8,12H,9,15H2,1-2H3. The van der Waals surface area contributed by atoms with Gasteiger partial charge in [-0.05, 0) is 37.6 Å². The van der Waals surface area contributed by atoms with E-state index in [4.69, 9.17) is 14.9 Å². The molecule has 1 heterocycles. The third-order valence-corrected chi connectivity index (χ3v) is 2.66. The van der Waals surface area contributed by atoms with Crippen LogP contribution in [0.1, 0.15) is 22.9 Å². The minimum absolute atomic E-state index is 0.231. The van der Waals surface area contributed by atoms with Crippen molar-refractivity contribution < 1.29 is 9.15 Å². The number of hydrogen-bond donors (Lipinski definition) is 1. The number of ether oxygens (including phenoxy) is 1. The molecule has 1 aromatic carbocycles. The number of aryl methyl sites for hydroxylation is 2. The summed E-state index contributed by atoms with van der Waals surface area (Å²) in [4.78, 5) is 0. The quantitative estimate of drug-likeness (QED) is 0.880. The van der Waals surface area contributed by atoms with Crippen LogP contribution in [0.4, 0.5) is 0 Å². The summed E-state index contributed by atoms with van der Waals surface area (Å²) in [7, 11) is 0. The maximum atomic E-state index is 5.95. The monoisotopic (exact) mass is 231 g/mol. The van der Waals surface area contributed by atoms with Crippen LogP contribution in [-0.4, -0.2) is 6.61 Å². The van der Waals surface area contributed by atoms with E-state index >= 15 is 0 Å². The highest BCUT2D eigenvalue weighted by molar-refractivity contribution is 5.35. The van der Waals surface area contributed by atoms with Gasteiger partial charge in [-0.2, -0.15) is 0 Å². The molecular weight excluding hydrogens is 214 g/mol. The Morgan fingerprint density at radius 2 is 2.12 bits per heavy atom. The first-order valence-electron chi connectivity index (χ1n) is 5.66. The molecule has 2 N–H and O–H groups in total. The predicted molar refractivity (Wildman–Crippen MR) is 67.0 cm³/mol. The molecule has 90 valence electrons. The largest absolute Gasteiger partial charge is 0.491 e. The Morgan fingerprint density at radius 3 is 2.76 bits per heavy atom. The van der Waals surface area contributed by atoms with Crippen LogP contribution in [-0.2, 0) is 0 Å². The van der Waals surface area contributed by atoms with Crippen LogP contribution in [0.2, 0.25) is 0 Å². The molecule has 2 aromatic rings. The van der Waals surface area contributed by atoms with Crippen LogP contribution in [0.15, 0.2) is 41.0 Å². The Labute approximate surface area is 101 Å². The summed E-state index contributed by atoms with van der Waals surface area (Å²) in [5, 5.41) is 0. The SMILES string of the molecule is Cc1ccc(OCC(N)c2ccco2)c(C)c1. The fourth-order valence-corrected chi connectivity index (χ4v) is 1.73. The van der Waals surface area contributed by atoms with E-state index in [2.05, 4.69) is 13.0 Å². The maximum Gasteiger partial charge on any atom is 0.123 e. The van der Waals surface area contributed by atoms with Crippen LogP contribution >= 0.6 is 0 Å². The van der Waals surface area contributed by atoms with Crippen LogP contribution < -0.4 is 10.5 Å².